The summed E-state index contributed by atoms with van der Waals surface area (Å²) in [6.45, 7) is 3.99. The summed E-state index contributed by atoms with van der Waals surface area (Å²) in [6.07, 6.45) is 2.40. The third kappa shape index (κ3) is 10.2. The van der Waals surface area contributed by atoms with Crippen LogP contribution in [-0.4, -0.2) is 62.8 Å². The monoisotopic (exact) mass is 430 g/mol. The summed E-state index contributed by atoms with van der Waals surface area (Å²) in [4.78, 5) is 15.9. The summed E-state index contributed by atoms with van der Waals surface area (Å²) in [6, 6.07) is 0.447. The maximum Gasteiger partial charge on any atom is 0.241 e. The average Bonchev–Trinajstić information content (AvgIpc) is 2.46. The van der Waals surface area contributed by atoms with E-state index in [0.29, 0.717) is 19.2 Å². The number of nitrogens with zero attached hydrogens (tertiary/aromatic N) is 1. The van der Waals surface area contributed by atoms with Crippen molar-refractivity contribution in [2.24, 2.45) is 4.99 Å². The second kappa shape index (κ2) is 13.4. The van der Waals surface area contributed by atoms with Crippen LogP contribution >= 0.6 is 35.7 Å². The van der Waals surface area contributed by atoms with E-state index in [2.05, 4.69) is 20.9 Å². The molecule has 0 aromatic rings. The Hall–Kier alpha value is -0.220. The second-order valence-corrected chi connectivity index (χ2v) is 5.75. The van der Waals surface area contributed by atoms with Gasteiger partial charge in [0.1, 0.15) is 6.54 Å². The molecule has 0 saturated carbocycles. The number of carbonyl (C=O) groups is 1. The summed E-state index contributed by atoms with van der Waals surface area (Å²) < 4.78 is 4.88. The number of amides is 1. The minimum Gasteiger partial charge on any atom is -0.383 e. The van der Waals surface area contributed by atoms with Gasteiger partial charge in [0.05, 0.1) is 6.61 Å². The van der Waals surface area contributed by atoms with Gasteiger partial charge >= 0.3 is 0 Å². The SMILES string of the molecule is CCNC(=NCC(=O)NCCOC)NC1CCCSC1.I. The van der Waals surface area contributed by atoms with Crippen LogP contribution in [0.1, 0.15) is 19.8 Å². The number of rotatable bonds is 7. The van der Waals surface area contributed by atoms with Crippen molar-refractivity contribution in [3.63, 3.8) is 0 Å². The summed E-state index contributed by atoms with van der Waals surface area (Å²) in [7, 11) is 1.61. The van der Waals surface area contributed by atoms with E-state index in [1.807, 2.05) is 18.7 Å². The molecule has 1 fully saturated rings. The van der Waals surface area contributed by atoms with Gasteiger partial charge < -0.3 is 20.7 Å². The number of guanidine groups is 1. The van der Waals surface area contributed by atoms with Gasteiger partial charge in [0, 0.05) is 32.0 Å². The molecule has 1 unspecified atom stereocenters. The quantitative estimate of drug-likeness (QED) is 0.241. The maximum absolute atomic E-state index is 11.6. The summed E-state index contributed by atoms with van der Waals surface area (Å²) >= 11 is 1.96. The van der Waals surface area contributed by atoms with Crippen molar-refractivity contribution in [1.29, 1.82) is 0 Å². The van der Waals surface area contributed by atoms with E-state index in [1.54, 1.807) is 7.11 Å². The fourth-order valence-corrected chi connectivity index (χ4v) is 2.94. The molecule has 0 aromatic heterocycles. The van der Waals surface area contributed by atoms with Gasteiger partial charge in [0.15, 0.2) is 5.96 Å². The van der Waals surface area contributed by atoms with Crippen LogP contribution in [0.2, 0.25) is 0 Å². The van der Waals surface area contributed by atoms with Gasteiger partial charge in [0.2, 0.25) is 5.91 Å². The van der Waals surface area contributed by atoms with E-state index in [1.165, 1.54) is 12.2 Å². The van der Waals surface area contributed by atoms with Crippen LogP contribution < -0.4 is 16.0 Å². The fraction of sp³-hybridized carbons (Fsp3) is 0.846. The Kier molecular flexibility index (Phi) is 13.3. The van der Waals surface area contributed by atoms with Crippen LogP contribution in [0, 0.1) is 0 Å². The zero-order valence-electron chi connectivity index (χ0n) is 12.8. The third-order valence-electron chi connectivity index (χ3n) is 2.85. The number of carbonyl (C=O) groups excluding carboxylic acids is 1. The average molecular weight is 430 g/mol. The van der Waals surface area contributed by atoms with E-state index in [-0.39, 0.29) is 36.4 Å². The Morgan fingerprint density at radius 2 is 2.24 bits per heavy atom. The van der Waals surface area contributed by atoms with Crippen LogP contribution in [0.15, 0.2) is 4.99 Å². The van der Waals surface area contributed by atoms with Gasteiger partial charge in [-0.2, -0.15) is 11.8 Å². The fourth-order valence-electron chi connectivity index (χ4n) is 1.87. The Labute approximate surface area is 148 Å². The van der Waals surface area contributed by atoms with Gasteiger partial charge in [-0.25, -0.2) is 4.99 Å². The van der Waals surface area contributed by atoms with Crippen molar-refractivity contribution >= 4 is 47.6 Å². The summed E-state index contributed by atoms with van der Waals surface area (Å²) in [5.41, 5.74) is 0. The van der Waals surface area contributed by atoms with Gasteiger partial charge in [-0.05, 0) is 25.5 Å². The highest BCUT2D eigenvalue weighted by Gasteiger charge is 2.14. The molecular weight excluding hydrogens is 403 g/mol. The van der Waals surface area contributed by atoms with E-state index in [9.17, 15) is 4.79 Å². The molecule has 8 heteroatoms. The molecule has 124 valence electrons. The number of methoxy groups -OCH3 is 1. The Morgan fingerprint density at radius 1 is 1.43 bits per heavy atom. The third-order valence-corrected chi connectivity index (χ3v) is 4.07. The molecule has 1 rings (SSSR count). The Bertz CT molecular complexity index is 313. The molecule has 3 N–H and O–H groups in total. The minimum absolute atomic E-state index is 0. The van der Waals surface area contributed by atoms with Crippen LogP contribution in [-0.2, 0) is 9.53 Å². The van der Waals surface area contributed by atoms with Crippen LogP contribution in [0.4, 0.5) is 0 Å². The molecule has 1 atom stereocenters. The lowest BCUT2D eigenvalue weighted by Crippen LogP contribution is -2.46. The van der Waals surface area contributed by atoms with Crippen molar-refractivity contribution in [3.05, 3.63) is 0 Å². The highest BCUT2D eigenvalue weighted by Crippen LogP contribution is 2.16. The molecule has 1 amide bonds. The first-order valence-corrected chi connectivity index (χ1v) is 8.30. The zero-order chi connectivity index (χ0) is 14.6. The largest absolute Gasteiger partial charge is 0.383 e. The number of thioether (sulfide) groups is 1. The van der Waals surface area contributed by atoms with E-state index < -0.39 is 0 Å². The number of hydrogen-bond donors (Lipinski definition) is 3. The Balaban J connectivity index is 0.00000400. The second-order valence-electron chi connectivity index (χ2n) is 4.60. The molecule has 0 bridgehead atoms. The van der Waals surface area contributed by atoms with E-state index >= 15 is 0 Å². The van der Waals surface area contributed by atoms with Crippen molar-refractivity contribution in [2.45, 2.75) is 25.8 Å². The molecule has 1 saturated heterocycles. The Morgan fingerprint density at radius 3 is 2.86 bits per heavy atom. The molecule has 1 aliphatic rings. The predicted octanol–water partition coefficient (Wildman–Crippen LogP) is 0.818. The maximum atomic E-state index is 11.6. The van der Waals surface area contributed by atoms with Crippen LogP contribution in [0.25, 0.3) is 0 Å². The highest BCUT2D eigenvalue weighted by molar-refractivity contribution is 14.0. The first-order valence-electron chi connectivity index (χ1n) is 7.14. The van der Waals surface area contributed by atoms with E-state index in [4.69, 9.17) is 4.74 Å². The molecule has 1 heterocycles. The normalized spacial score (nSPS) is 18.6. The first-order chi connectivity index (χ1) is 9.76. The lowest BCUT2D eigenvalue weighted by Gasteiger charge is -2.24. The van der Waals surface area contributed by atoms with E-state index in [0.717, 1.165) is 24.7 Å². The number of aliphatic imine (C=N–C) groups is 1. The molecule has 0 spiro atoms. The molecule has 0 aromatic carbocycles. The summed E-state index contributed by atoms with van der Waals surface area (Å²) in [5, 5.41) is 9.32. The molecule has 21 heavy (non-hydrogen) atoms. The minimum atomic E-state index is -0.0859. The number of hydrogen-bond acceptors (Lipinski definition) is 4. The lowest BCUT2D eigenvalue weighted by molar-refractivity contribution is -0.119. The van der Waals surface area contributed by atoms with Crippen molar-refractivity contribution in [2.75, 3.05) is 44.9 Å². The smallest absolute Gasteiger partial charge is 0.241 e. The first kappa shape index (κ1) is 20.8. The van der Waals surface area contributed by atoms with Crippen molar-refractivity contribution in [3.8, 4) is 0 Å². The topological polar surface area (TPSA) is 74.8 Å². The molecule has 6 nitrogen and oxygen atoms in total. The van der Waals surface area contributed by atoms with Crippen molar-refractivity contribution < 1.29 is 9.53 Å². The highest BCUT2D eigenvalue weighted by atomic mass is 127. The van der Waals surface area contributed by atoms with Gasteiger partial charge in [0.25, 0.3) is 0 Å². The standard InChI is InChI=1S/C13H26N4O2S.HI/c1-3-14-13(17-11-5-4-8-20-10-11)16-9-12(18)15-6-7-19-2;/h11H,3-10H2,1-2H3,(H,15,18)(H2,14,16,17);1H. The summed E-state index contributed by atoms with van der Waals surface area (Å²) in [5.74, 6) is 2.98. The predicted molar refractivity (Wildman–Crippen MR) is 99.8 cm³/mol. The lowest BCUT2D eigenvalue weighted by atomic mass is 10.2. The number of halogens is 1. The molecule has 0 aliphatic carbocycles. The van der Waals surface area contributed by atoms with Gasteiger partial charge in [-0.3, -0.25) is 4.79 Å². The molecule has 1 aliphatic heterocycles. The van der Waals surface area contributed by atoms with Gasteiger partial charge in [-0.1, -0.05) is 0 Å². The number of nitrogens with one attached hydrogen (secondary N) is 3. The molecular formula is C13H27IN4O2S. The van der Waals surface area contributed by atoms with Crippen molar-refractivity contribution in [1.82, 2.24) is 16.0 Å². The van der Waals surface area contributed by atoms with Crippen LogP contribution in [0.5, 0.6) is 0 Å². The number of ether oxygens (including phenoxy) is 1. The van der Waals surface area contributed by atoms with Crippen LogP contribution in [0.3, 0.4) is 0 Å². The molecule has 0 radical (unpaired) electrons. The zero-order valence-corrected chi connectivity index (χ0v) is 16.0. The van der Waals surface area contributed by atoms with Gasteiger partial charge in [-0.15, -0.1) is 24.0 Å².